The van der Waals surface area contributed by atoms with E-state index < -0.39 is 0 Å². The Hall–Kier alpha value is -1.36. The fourth-order valence-electron chi connectivity index (χ4n) is 1.82. The quantitative estimate of drug-likeness (QED) is 0.667. The summed E-state index contributed by atoms with van der Waals surface area (Å²) in [5.74, 6) is 6.60. The molecule has 0 N–H and O–H groups in total. The van der Waals surface area contributed by atoms with Crippen molar-refractivity contribution in [3.8, 4) is 11.8 Å². The molecule has 0 aliphatic heterocycles. The van der Waals surface area contributed by atoms with E-state index in [9.17, 15) is 0 Å². The second-order valence-electron chi connectivity index (χ2n) is 4.72. The smallest absolute Gasteiger partial charge is 0.0926 e. The SMILES string of the molecule is CC(C)S[C@@H](C#Cc1ccccc1)c1ccccc1Cl. The van der Waals surface area contributed by atoms with Gasteiger partial charge in [0.1, 0.15) is 0 Å². The van der Waals surface area contributed by atoms with Crippen molar-refractivity contribution >= 4 is 23.4 Å². The molecule has 0 radical (unpaired) electrons. The largest absolute Gasteiger partial charge is 0.138 e. The van der Waals surface area contributed by atoms with E-state index in [1.165, 1.54) is 0 Å². The van der Waals surface area contributed by atoms with E-state index in [2.05, 4.69) is 31.8 Å². The number of thioether (sulfide) groups is 1. The zero-order valence-electron chi connectivity index (χ0n) is 11.6. The van der Waals surface area contributed by atoms with Crippen molar-refractivity contribution in [2.45, 2.75) is 24.3 Å². The molecule has 1 atom stereocenters. The van der Waals surface area contributed by atoms with Crippen molar-refractivity contribution in [1.29, 1.82) is 0 Å². The summed E-state index contributed by atoms with van der Waals surface area (Å²) in [6.07, 6.45) is 0. The van der Waals surface area contributed by atoms with Crippen LogP contribution in [-0.2, 0) is 0 Å². The second kappa shape index (κ2) is 7.43. The van der Waals surface area contributed by atoms with Crippen LogP contribution in [-0.4, -0.2) is 5.25 Å². The van der Waals surface area contributed by atoms with Crippen LogP contribution in [0.2, 0.25) is 5.02 Å². The monoisotopic (exact) mass is 300 g/mol. The normalized spacial score (nSPS) is 11.8. The Bertz CT molecular complexity index is 608. The minimum Gasteiger partial charge on any atom is -0.138 e. The maximum atomic E-state index is 6.30. The highest BCUT2D eigenvalue weighted by atomic mass is 35.5. The highest BCUT2D eigenvalue weighted by Gasteiger charge is 2.14. The van der Waals surface area contributed by atoms with E-state index in [1.54, 1.807) is 0 Å². The van der Waals surface area contributed by atoms with E-state index in [0.717, 1.165) is 16.1 Å². The Balaban J connectivity index is 2.30. The molecule has 0 aliphatic carbocycles. The molecule has 0 bridgehead atoms. The summed E-state index contributed by atoms with van der Waals surface area (Å²) in [6.45, 7) is 4.36. The topological polar surface area (TPSA) is 0 Å². The lowest BCUT2D eigenvalue weighted by atomic mass is 10.1. The molecule has 0 fully saturated rings. The third kappa shape index (κ3) is 4.34. The molecule has 0 saturated carbocycles. The summed E-state index contributed by atoms with van der Waals surface area (Å²) in [5, 5.41) is 1.39. The van der Waals surface area contributed by atoms with Gasteiger partial charge < -0.3 is 0 Å². The molecule has 0 spiro atoms. The first-order valence-corrected chi connectivity index (χ1v) is 7.95. The number of rotatable bonds is 3. The molecule has 0 amide bonds. The molecule has 2 heteroatoms. The Kier molecular flexibility index (Phi) is 5.59. The lowest BCUT2D eigenvalue weighted by molar-refractivity contribution is 1.09. The van der Waals surface area contributed by atoms with Gasteiger partial charge in [0.2, 0.25) is 0 Å². The van der Waals surface area contributed by atoms with Gasteiger partial charge >= 0.3 is 0 Å². The van der Waals surface area contributed by atoms with Crippen LogP contribution in [0.1, 0.15) is 30.2 Å². The molecule has 20 heavy (non-hydrogen) atoms. The highest BCUT2D eigenvalue weighted by molar-refractivity contribution is 8.00. The van der Waals surface area contributed by atoms with Crippen LogP contribution in [0.4, 0.5) is 0 Å². The Labute approximate surface area is 130 Å². The molecule has 102 valence electrons. The minimum absolute atomic E-state index is 0.101. The van der Waals surface area contributed by atoms with Gasteiger partial charge in [0.25, 0.3) is 0 Å². The lowest BCUT2D eigenvalue weighted by Crippen LogP contribution is -1.98. The van der Waals surface area contributed by atoms with Crippen LogP contribution < -0.4 is 0 Å². The standard InChI is InChI=1S/C18H17ClS/c1-14(2)20-18(16-10-6-7-11-17(16)19)13-12-15-8-4-3-5-9-15/h3-11,14,18H,1-2H3/t18-/m0/s1. The summed E-state index contributed by atoms with van der Waals surface area (Å²) >= 11 is 8.13. The van der Waals surface area contributed by atoms with Crippen molar-refractivity contribution in [2.75, 3.05) is 0 Å². The third-order valence-electron chi connectivity index (χ3n) is 2.72. The predicted molar refractivity (Wildman–Crippen MR) is 90.2 cm³/mol. The predicted octanol–water partition coefficient (Wildman–Crippen LogP) is 5.57. The Morgan fingerprint density at radius 3 is 2.25 bits per heavy atom. The Morgan fingerprint density at radius 1 is 0.950 bits per heavy atom. The molecule has 0 aliphatic rings. The van der Waals surface area contributed by atoms with Gasteiger partial charge in [-0.2, -0.15) is 0 Å². The summed E-state index contributed by atoms with van der Waals surface area (Å²) in [4.78, 5) is 0. The van der Waals surface area contributed by atoms with Crippen LogP contribution in [0.5, 0.6) is 0 Å². The highest BCUT2D eigenvalue weighted by Crippen LogP contribution is 2.35. The van der Waals surface area contributed by atoms with Gasteiger partial charge in [-0.05, 0) is 23.8 Å². The summed E-state index contributed by atoms with van der Waals surface area (Å²) in [6, 6.07) is 18.0. The van der Waals surface area contributed by atoms with Crippen molar-refractivity contribution in [1.82, 2.24) is 0 Å². The number of hydrogen-bond acceptors (Lipinski definition) is 1. The summed E-state index contributed by atoms with van der Waals surface area (Å²) in [7, 11) is 0. The first-order chi connectivity index (χ1) is 9.66. The van der Waals surface area contributed by atoms with Gasteiger partial charge in [-0.25, -0.2) is 0 Å². The number of benzene rings is 2. The van der Waals surface area contributed by atoms with Crippen LogP contribution in [0.3, 0.4) is 0 Å². The Morgan fingerprint density at radius 2 is 1.60 bits per heavy atom. The first kappa shape index (κ1) is 15.0. The van der Waals surface area contributed by atoms with E-state index in [-0.39, 0.29) is 5.25 Å². The van der Waals surface area contributed by atoms with Gasteiger partial charge in [0.15, 0.2) is 0 Å². The van der Waals surface area contributed by atoms with Crippen LogP contribution >= 0.6 is 23.4 Å². The van der Waals surface area contributed by atoms with Gasteiger partial charge in [-0.1, -0.05) is 73.7 Å². The molecule has 0 nitrogen and oxygen atoms in total. The van der Waals surface area contributed by atoms with E-state index in [4.69, 9.17) is 11.6 Å². The minimum atomic E-state index is 0.101. The maximum Gasteiger partial charge on any atom is 0.0926 e. The maximum absolute atomic E-state index is 6.30. The summed E-state index contributed by atoms with van der Waals surface area (Å²) in [5.41, 5.74) is 2.13. The number of halogens is 1. The zero-order chi connectivity index (χ0) is 14.4. The second-order valence-corrected chi connectivity index (χ2v) is 6.82. The van der Waals surface area contributed by atoms with Crippen LogP contribution in [0, 0.1) is 11.8 Å². The molecule has 2 aromatic rings. The molecule has 0 unspecified atom stereocenters. The molecule has 2 aromatic carbocycles. The van der Waals surface area contributed by atoms with E-state index in [1.807, 2.05) is 60.3 Å². The van der Waals surface area contributed by atoms with Crippen molar-refractivity contribution < 1.29 is 0 Å². The molecular weight excluding hydrogens is 284 g/mol. The fourth-order valence-corrected chi connectivity index (χ4v) is 3.15. The molecule has 0 saturated heterocycles. The fraction of sp³-hybridized carbons (Fsp3) is 0.222. The lowest BCUT2D eigenvalue weighted by Gasteiger charge is -2.14. The zero-order valence-corrected chi connectivity index (χ0v) is 13.2. The van der Waals surface area contributed by atoms with Gasteiger partial charge in [-0.15, -0.1) is 11.8 Å². The van der Waals surface area contributed by atoms with Crippen molar-refractivity contribution in [3.05, 3.63) is 70.7 Å². The van der Waals surface area contributed by atoms with Gasteiger partial charge in [0, 0.05) is 15.8 Å². The van der Waals surface area contributed by atoms with E-state index in [0.29, 0.717) is 5.25 Å². The van der Waals surface area contributed by atoms with Crippen molar-refractivity contribution in [2.24, 2.45) is 0 Å². The van der Waals surface area contributed by atoms with Crippen molar-refractivity contribution in [3.63, 3.8) is 0 Å². The third-order valence-corrected chi connectivity index (χ3v) is 4.25. The average molecular weight is 301 g/mol. The molecular formula is C18H17ClS. The van der Waals surface area contributed by atoms with Crippen LogP contribution in [0.15, 0.2) is 54.6 Å². The summed E-state index contributed by atoms with van der Waals surface area (Å²) < 4.78 is 0. The van der Waals surface area contributed by atoms with E-state index >= 15 is 0 Å². The molecule has 0 heterocycles. The van der Waals surface area contributed by atoms with Crippen LogP contribution in [0.25, 0.3) is 0 Å². The average Bonchev–Trinajstić information content (AvgIpc) is 2.45. The number of hydrogen-bond donors (Lipinski definition) is 0. The van der Waals surface area contributed by atoms with Gasteiger partial charge in [-0.3, -0.25) is 0 Å². The molecule has 0 aromatic heterocycles. The van der Waals surface area contributed by atoms with Gasteiger partial charge in [0.05, 0.1) is 5.25 Å². The first-order valence-electron chi connectivity index (χ1n) is 6.63. The molecule has 2 rings (SSSR count).